The maximum absolute atomic E-state index is 13.4. The van der Waals surface area contributed by atoms with E-state index in [1.165, 1.54) is 30.3 Å². The summed E-state index contributed by atoms with van der Waals surface area (Å²) < 4.78 is 19.2. The number of aryl methyl sites for hydroxylation is 1. The SMILES string of the molecule is Cc1ccccc1NC(=O)/C(C#N)=C/c1cc(Cl)cc(Cl)c1OCc1cccc(F)c1. The van der Waals surface area contributed by atoms with E-state index < -0.39 is 5.91 Å². The van der Waals surface area contributed by atoms with Gasteiger partial charge in [0.2, 0.25) is 0 Å². The second-order valence-corrected chi connectivity index (χ2v) is 7.51. The number of nitrogens with zero attached hydrogens (tertiary/aromatic N) is 1. The quantitative estimate of drug-likeness (QED) is 0.338. The molecule has 0 aliphatic heterocycles. The van der Waals surface area contributed by atoms with Crippen LogP contribution in [0.15, 0.2) is 66.2 Å². The van der Waals surface area contributed by atoms with Gasteiger partial charge in [-0.15, -0.1) is 0 Å². The molecule has 0 aliphatic rings. The van der Waals surface area contributed by atoms with E-state index >= 15 is 0 Å². The summed E-state index contributed by atoms with van der Waals surface area (Å²) in [6, 6.07) is 18.1. The molecule has 0 aromatic heterocycles. The lowest BCUT2D eigenvalue weighted by molar-refractivity contribution is -0.112. The van der Waals surface area contributed by atoms with Crippen molar-refractivity contribution in [3.05, 3.63) is 98.8 Å². The van der Waals surface area contributed by atoms with Crippen LogP contribution in [0.1, 0.15) is 16.7 Å². The second kappa shape index (κ2) is 10.1. The summed E-state index contributed by atoms with van der Waals surface area (Å²) in [5.41, 5.74) is 2.25. The van der Waals surface area contributed by atoms with E-state index in [1.807, 2.05) is 25.1 Å². The van der Waals surface area contributed by atoms with Gasteiger partial charge in [-0.3, -0.25) is 4.79 Å². The predicted octanol–water partition coefficient (Wildman–Crippen LogP) is 6.57. The molecule has 3 rings (SSSR count). The summed E-state index contributed by atoms with van der Waals surface area (Å²) in [6.07, 6.45) is 1.35. The Labute approximate surface area is 189 Å². The van der Waals surface area contributed by atoms with Gasteiger partial charge in [0.05, 0.1) is 5.02 Å². The Hall–Kier alpha value is -3.33. The maximum Gasteiger partial charge on any atom is 0.266 e. The van der Waals surface area contributed by atoms with Crippen LogP contribution in [-0.4, -0.2) is 5.91 Å². The third kappa shape index (κ3) is 5.85. The third-order valence-corrected chi connectivity index (χ3v) is 4.87. The molecule has 0 saturated carbocycles. The number of hydrogen-bond acceptors (Lipinski definition) is 3. The number of nitriles is 1. The van der Waals surface area contributed by atoms with Gasteiger partial charge in [0.15, 0.2) is 0 Å². The Bertz CT molecular complexity index is 1200. The number of hydrogen-bond donors (Lipinski definition) is 1. The summed E-state index contributed by atoms with van der Waals surface area (Å²) in [5, 5.41) is 12.8. The highest BCUT2D eigenvalue weighted by atomic mass is 35.5. The van der Waals surface area contributed by atoms with E-state index in [0.717, 1.165) is 5.56 Å². The zero-order valence-corrected chi connectivity index (χ0v) is 18.0. The number of ether oxygens (including phenoxy) is 1. The van der Waals surface area contributed by atoms with Crippen LogP contribution in [0, 0.1) is 24.1 Å². The molecule has 4 nitrogen and oxygen atoms in total. The third-order valence-electron chi connectivity index (χ3n) is 4.37. The summed E-state index contributed by atoms with van der Waals surface area (Å²) in [5.74, 6) is -0.737. The van der Waals surface area contributed by atoms with Crippen molar-refractivity contribution in [2.24, 2.45) is 0 Å². The lowest BCUT2D eigenvalue weighted by atomic mass is 10.1. The molecule has 0 bridgehead atoms. The number of carbonyl (C=O) groups excluding carboxylic acids is 1. The molecule has 3 aromatic rings. The van der Waals surface area contributed by atoms with Crippen molar-refractivity contribution in [2.45, 2.75) is 13.5 Å². The molecular weight excluding hydrogens is 438 g/mol. The first-order valence-electron chi connectivity index (χ1n) is 9.22. The van der Waals surface area contributed by atoms with Crippen molar-refractivity contribution in [3.8, 4) is 11.8 Å². The van der Waals surface area contributed by atoms with Crippen LogP contribution in [0.4, 0.5) is 10.1 Å². The van der Waals surface area contributed by atoms with Crippen LogP contribution in [0.25, 0.3) is 6.08 Å². The highest BCUT2D eigenvalue weighted by Gasteiger charge is 2.15. The molecular formula is C24H17Cl2FN2O2. The molecule has 0 radical (unpaired) electrons. The summed E-state index contributed by atoms with van der Waals surface area (Å²) in [6.45, 7) is 1.89. The minimum Gasteiger partial charge on any atom is -0.487 e. The van der Waals surface area contributed by atoms with Gasteiger partial charge < -0.3 is 10.1 Å². The maximum atomic E-state index is 13.4. The van der Waals surface area contributed by atoms with E-state index in [1.54, 1.807) is 24.3 Å². The fourth-order valence-electron chi connectivity index (χ4n) is 2.83. The van der Waals surface area contributed by atoms with Crippen LogP contribution in [0.5, 0.6) is 5.75 Å². The Balaban J connectivity index is 1.90. The predicted molar refractivity (Wildman–Crippen MR) is 121 cm³/mol. The zero-order chi connectivity index (χ0) is 22.4. The summed E-state index contributed by atoms with van der Waals surface area (Å²) in [7, 11) is 0. The second-order valence-electron chi connectivity index (χ2n) is 6.66. The van der Waals surface area contributed by atoms with Crippen molar-refractivity contribution in [1.82, 2.24) is 0 Å². The van der Waals surface area contributed by atoms with E-state index in [9.17, 15) is 14.4 Å². The largest absolute Gasteiger partial charge is 0.487 e. The van der Waals surface area contributed by atoms with Gasteiger partial charge in [-0.25, -0.2) is 4.39 Å². The van der Waals surface area contributed by atoms with Crippen molar-refractivity contribution in [3.63, 3.8) is 0 Å². The van der Waals surface area contributed by atoms with Crippen LogP contribution in [0.2, 0.25) is 10.0 Å². The number of anilines is 1. The Morgan fingerprint density at radius 3 is 2.65 bits per heavy atom. The van der Waals surface area contributed by atoms with Crippen LogP contribution < -0.4 is 10.1 Å². The average molecular weight is 455 g/mol. The molecule has 1 N–H and O–H groups in total. The van der Waals surface area contributed by atoms with Crippen molar-refractivity contribution < 1.29 is 13.9 Å². The van der Waals surface area contributed by atoms with Crippen LogP contribution in [-0.2, 0) is 11.4 Å². The van der Waals surface area contributed by atoms with E-state index in [0.29, 0.717) is 21.8 Å². The molecule has 0 spiro atoms. The number of amides is 1. The number of nitrogens with one attached hydrogen (secondary N) is 1. The first-order chi connectivity index (χ1) is 14.9. The highest BCUT2D eigenvalue weighted by Crippen LogP contribution is 2.34. The Morgan fingerprint density at radius 1 is 1.16 bits per heavy atom. The minimum absolute atomic E-state index is 0.0389. The monoisotopic (exact) mass is 454 g/mol. The number of benzene rings is 3. The number of halogens is 3. The topological polar surface area (TPSA) is 62.1 Å². The lowest BCUT2D eigenvalue weighted by Crippen LogP contribution is -2.14. The molecule has 0 heterocycles. The number of carbonyl (C=O) groups is 1. The molecule has 3 aromatic carbocycles. The Kier molecular flexibility index (Phi) is 7.30. The molecule has 0 fully saturated rings. The molecule has 0 atom stereocenters. The van der Waals surface area contributed by atoms with Gasteiger partial charge >= 0.3 is 0 Å². The van der Waals surface area contributed by atoms with Crippen LogP contribution >= 0.6 is 23.2 Å². The smallest absolute Gasteiger partial charge is 0.266 e. The van der Waals surface area contributed by atoms with Gasteiger partial charge in [-0.2, -0.15) is 5.26 Å². The van der Waals surface area contributed by atoms with Gasteiger partial charge in [0, 0.05) is 16.3 Å². The highest BCUT2D eigenvalue weighted by molar-refractivity contribution is 6.36. The standard InChI is InChI=1S/C24H17Cl2FN2O2/c1-15-5-2-3-8-22(15)29-24(30)18(13-28)10-17-11-19(25)12-21(26)23(17)31-14-16-6-4-7-20(27)9-16/h2-12H,14H2,1H3,(H,29,30)/b18-10+. The normalized spacial score (nSPS) is 11.0. The van der Waals surface area contributed by atoms with E-state index in [2.05, 4.69) is 5.32 Å². The summed E-state index contributed by atoms with van der Waals surface area (Å²) in [4.78, 5) is 12.6. The molecule has 0 saturated heterocycles. The molecule has 1 amide bonds. The fraction of sp³-hybridized carbons (Fsp3) is 0.0833. The van der Waals surface area contributed by atoms with Crippen molar-refractivity contribution in [2.75, 3.05) is 5.32 Å². The number of rotatable bonds is 6. The Morgan fingerprint density at radius 2 is 1.94 bits per heavy atom. The van der Waals surface area contributed by atoms with E-state index in [4.69, 9.17) is 27.9 Å². The number of para-hydroxylation sites is 1. The average Bonchev–Trinajstić information content (AvgIpc) is 2.72. The van der Waals surface area contributed by atoms with Crippen LogP contribution in [0.3, 0.4) is 0 Å². The van der Waals surface area contributed by atoms with Crippen molar-refractivity contribution in [1.29, 1.82) is 5.26 Å². The van der Waals surface area contributed by atoms with Gasteiger partial charge in [-0.05, 0) is 54.5 Å². The molecule has 0 aliphatic carbocycles. The van der Waals surface area contributed by atoms with Gasteiger partial charge in [-0.1, -0.05) is 53.5 Å². The zero-order valence-electron chi connectivity index (χ0n) is 16.5. The molecule has 7 heteroatoms. The molecule has 156 valence electrons. The summed E-state index contributed by atoms with van der Waals surface area (Å²) >= 11 is 12.4. The van der Waals surface area contributed by atoms with Crippen molar-refractivity contribution >= 4 is 40.9 Å². The van der Waals surface area contributed by atoms with E-state index in [-0.39, 0.29) is 28.8 Å². The van der Waals surface area contributed by atoms with Gasteiger partial charge in [0.1, 0.15) is 29.8 Å². The van der Waals surface area contributed by atoms with Gasteiger partial charge in [0.25, 0.3) is 5.91 Å². The first-order valence-corrected chi connectivity index (χ1v) is 9.98. The lowest BCUT2D eigenvalue weighted by Gasteiger charge is -2.13. The first kappa shape index (κ1) is 22.4. The minimum atomic E-state index is -0.580. The fourth-order valence-corrected chi connectivity index (χ4v) is 3.39. The molecule has 31 heavy (non-hydrogen) atoms. The molecule has 0 unspecified atom stereocenters.